The van der Waals surface area contributed by atoms with E-state index in [0.29, 0.717) is 18.5 Å². The van der Waals surface area contributed by atoms with Crippen LogP contribution in [0, 0.1) is 6.92 Å². The summed E-state index contributed by atoms with van der Waals surface area (Å²) >= 11 is 3.45. The Balaban J connectivity index is 2.41. The fraction of sp³-hybridized carbons (Fsp3) is 0.545. The lowest BCUT2D eigenvalue weighted by molar-refractivity contribution is 0.295. The van der Waals surface area contributed by atoms with Crippen molar-refractivity contribution in [2.24, 2.45) is 0 Å². The largest absolute Gasteiger partial charge is 0.476 e. The summed E-state index contributed by atoms with van der Waals surface area (Å²) in [5.74, 6) is 0.667. The Morgan fingerprint density at radius 2 is 2.27 bits per heavy atom. The van der Waals surface area contributed by atoms with Gasteiger partial charge in [-0.2, -0.15) is 0 Å². The van der Waals surface area contributed by atoms with Crippen LogP contribution in [0.4, 0.5) is 0 Å². The molecule has 0 aliphatic heterocycles. The second kappa shape index (κ2) is 6.08. The lowest BCUT2D eigenvalue weighted by Gasteiger charge is -2.10. The number of nitrogens with one attached hydrogen (secondary N) is 1. The topological polar surface area (TPSA) is 34.1 Å². The highest BCUT2D eigenvalue weighted by atomic mass is 79.9. The van der Waals surface area contributed by atoms with Gasteiger partial charge in [-0.15, -0.1) is 0 Å². The van der Waals surface area contributed by atoms with Crippen molar-refractivity contribution >= 4 is 15.9 Å². The molecule has 4 heteroatoms. The summed E-state index contributed by atoms with van der Waals surface area (Å²) in [6.45, 7) is 7.71. The molecule has 1 rings (SSSR count). The zero-order valence-electron chi connectivity index (χ0n) is 9.38. The Hall–Kier alpha value is -0.610. The van der Waals surface area contributed by atoms with Crippen molar-refractivity contribution in [3.8, 4) is 5.88 Å². The predicted molar refractivity (Wildman–Crippen MR) is 65.3 cm³/mol. The van der Waals surface area contributed by atoms with Gasteiger partial charge in [0.15, 0.2) is 0 Å². The minimum Gasteiger partial charge on any atom is -0.476 e. The fourth-order valence-electron chi connectivity index (χ4n) is 1.11. The summed E-state index contributed by atoms with van der Waals surface area (Å²) in [7, 11) is 0. The molecule has 0 bridgehead atoms. The lowest BCUT2D eigenvalue weighted by atomic mass is 10.3. The summed E-state index contributed by atoms with van der Waals surface area (Å²) < 4.78 is 6.49. The number of nitrogens with zero attached hydrogens (tertiary/aromatic N) is 1. The van der Waals surface area contributed by atoms with Crippen LogP contribution in [-0.2, 0) is 0 Å². The molecule has 0 atom stereocenters. The van der Waals surface area contributed by atoms with Crippen LogP contribution in [0.1, 0.15) is 19.4 Å². The van der Waals surface area contributed by atoms with E-state index in [2.05, 4.69) is 40.1 Å². The Labute approximate surface area is 99.4 Å². The van der Waals surface area contributed by atoms with Crippen molar-refractivity contribution in [1.82, 2.24) is 10.3 Å². The van der Waals surface area contributed by atoms with Gasteiger partial charge in [-0.1, -0.05) is 13.8 Å². The summed E-state index contributed by atoms with van der Waals surface area (Å²) in [6.07, 6.45) is 1.76. The lowest BCUT2D eigenvalue weighted by Crippen LogP contribution is -2.27. The molecule has 0 radical (unpaired) electrons. The Bertz CT molecular complexity index is 315. The van der Waals surface area contributed by atoms with Crippen molar-refractivity contribution in [2.75, 3.05) is 13.2 Å². The van der Waals surface area contributed by atoms with E-state index in [1.54, 1.807) is 6.20 Å². The van der Waals surface area contributed by atoms with E-state index in [4.69, 9.17) is 4.74 Å². The number of aryl methyl sites for hydroxylation is 1. The maximum absolute atomic E-state index is 5.55. The highest BCUT2D eigenvalue weighted by molar-refractivity contribution is 9.10. The van der Waals surface area contributed by atoms with Gasteiger partial charge in [0.1, 0.15) is 6.61 Å². The van der Waals surface area contributed by atoms with Crippen molar-refractivity contribution in [2.45, 2.75) is 26.8 Å². The van der Waals surface area contributed by atoms with E-state index >= 15 is 0 Å². The third-order valence-electron chi connectivity index (χ3n) is 1.94. The molecule has 1 aromatic rings. The summed E-state index contributed by atoms with van der Waals surface area (Å²) in [4.78, 5) is 4.16. The Kier molecular flexibility index (Phi) is 5.05. The summed E-state index contributed by atoms with van der Waals surface area (Å²) in [5.41, 5.74) is 1.14. The monoisotopic (exact) mass is 272 g/mol. The highest BCUT2D eigenvalue weighted by Crippen LogP contribution is 2.24. The van der Waals surface area contributed by atoms with Crippen molar-refractivity contribution in [3.05, 3.63) is 22.3 Å². The van der Waals surface area contributed by atoms with Crippen molar-refractivity contribution in [3.63, 3.8) is 0 Å². The Morgan fingerprint density at radius 1 is 1.53 bits per heavy atom. The third-order valence-corrected chi connectivity index (χ3v) is 2.91. The first-order valence-electron chi connectivity index (χ1n) is 5.08. The number of hydrogen-bond acceptors (Lipinski definition) is 3. The van der Waals surface area contributed by atoms with Gasteiger partial charge >= 0.3 is 0 Å². The van der Waals surface area contributed by atoms with Crippen LogP contribution >= 0.6 is 15.9 Å². The van der Waals surface area contributed by atoms with Crippen LogP contribution in [0.15, 0.2) is 16.7 Å². The second-order valence-corrected chi connectivity index (χ2v) is 4.50. The van der Waals surface area contributed by atoms with Crippen LogP contribution in [0.2, 0.25) is 0 Å². The van der Waals surface area contributed by atoms with Gasteiger partial charge in [-0.05, 0) is 34.5 Å². The molecule has 0 unspecified atom stereocenters. The number of hydrogen-bond donors (Lipinski definition) is 1. The minimum atomic E-state index is 0.488. The Morgan fingerprint density at radius 3 is 2.93 bits per heavy atom. The molecule has 0 saturated carbocycles. The zero-order chi connectivity index (χ0) is 11.3. The van der Waals surface area contributed by atoms with E-state index in [9.17, 15) is 0 Å². The summed E-state index contributed by atoms with van der Waals surface area (Å²) in [6, 6.07) is 2.44. The number of rotatable bonds is 5. The van der Waals surface area contributed by atoms with E-state index in [-0.39, 0.29) is 0 Å². The van der Waals surface area contributed by atoms with Crippen LogP contribution in [-0.4, -0.2) is 24.2 Å². The van der Waals surface area contributed by atoms with Crippen LogP contribution < -0.4 is 10.1 Å². The standard InChI is InChI=1S/C11H17BrN2O/c1-8(2)13-6-7-15-11-10(12)9(3)4-5-14-11/h4-5,8,13H,6-7H2,1-3H3. The molecule has 1 N–H and O–H groups in total. The fourth-order valence-corrected chi connectivity index (χ4v) is 1.46. The van der Waals surface area contributed by atoms with Gasteiger partial charge in [-0.25, -0.2) is 4.98 Å². The first-order chi connectivity index (χ1) is 7.11. The number of pyridine rings is 1. The van der Waals surface area contributed by atoms with Crippen LogP contribution in [0.3, 0.4) is 0 Å². The molecular weight excluding hydrogens is 256 g/mol. The number of aromatic nitrogens is 1. The summed E-state index contributed by atoms with van der Waals surface area (Å²) in [5, 5.41) is 3.28. The smallest absolute Gasteiger partial charge is 0.228 e. The molecule has 0 aliphatic rings. The number of ether oxygens (including phenoxy) is 1. The normalized spacial score (nSPS) is 10.7. The molecule has 1 aromatic heterocycles. The quantitative estimate of drug-likeness (QED) is 0.837. The van der Waals surface area contributed by atoms with E-state index in [0.717, 1.165) is 16.6 Å². The predicted octanol–water partition coefficient (Wildman–Crippen LogP) is 2.53. The average Bonchev–Trinajstić information content (AvgIpc) is 2.18. The van der Waals surface area contributed by atoms with Gasteiger partial charge in [0.25, 0.3) is 0 Å². The minimum absolute atomic E-state index is 0.488. The first-order valence-corrected chi connectivity index (χ1v) is 5.88. The van der Waals surface area contributed by atoms with Crippen molar-refractivity contribution in [1.29, 1.82) is 0 Å². The maximum Gasteiger partial charge on any atom is 0.228 e. The van der Waals surface area contributed by atoms with Gasteiger partial charge in [0.2, 0.25) is 5.88 Å². The van der Waals surface area contributed by atoms with Gasteiger partial charge in [-0.3, -0.25) is 0 Å². The molecule has 0 amide bonds. The van der Waals surface area contributed by atoms with Gasteiger partial charge in [0, 0.05) is 18.8 Å². The molecule has 0 aliphatic carbocycles. The van der Waals surface area contributed by atoms with Crippen LogP contribution in [0.25, 0.3) is 0 Å². The highest BCUT2D eigenvalue weighted by Gasteiger charge is 2.04. The molecular formula is C11H17BrN2O. The van der Waals surface area contributed by atoms with E-state index in [1.165, 1.54) is 0 Å². The molecule has 0 spiro atoms. The van der Waals surface area contributed by atoms with Crippen LogP contribution in [0.5, 0.6) is 5.88 Å². The molecule has 3 nitrogen and oxygen atoms in total. The van der Waals surface area contributed by atoms with Crippen molar-refractivity contribution < 1.29 is 4.74 Å². The number of halogens is 1. The average molecular weight is 273 g/mol. The molecule has 84 valence electrons. The molecule has 15 heavy (non-hydrogen) atoms. The second-order valence-electron chi connectivity index (χ2n) is 3.70. The van der Waals surface area contributed by atoms with Gasteiger partial charge < -0.3 is 10.1 Å². The van der Waals surface area contributed by atoms with E-state index in [1.807, 2.05) is 13.0 Å². The van der Waals surface area contributed by atoms with Gasteiger partial charge in [0.05, 0.1) is 4.47 Å². The zero-order valence-corrected chi connectivity index (χ0v) is 11.0. The molecule has 0 saturated heterocycles. The maximum atomic E-state index is 5.55. The van der Waals surface area contributed by atoms with E-state index < -0.39 is 0 Å². The first kappa shape index (κ1) is 12.5. The molecule has 0 fully saturated rings. The SMILES string of the molecule is Cc1ccnc(OCCNC(C)C)c1Br. The molecule has 1 heterocycles. The third kappa shape index (κ3) is 4.18. The molecule has 0 aromatic carbocycles.